The molecule has 112 valence electrons. The maximum absolute atomic E-state index is 5.84. The van der Waals surface area contributed by atoms with Crippen LogP contribution in [-0.4, -0.2) is 59.7 Å². The third-order valence-corrected chi connectivity index (χ3v) is 3.85. The highest BCUT2D eigenvalue weighted by Gasteiger charge is 2.29. The van der Waals surface area contributed by atoms with Crippen molar-refractivity contribution in [3.63, 3.8) is 0 Å². The van der Waals surface area contributed by atoms with Crippen molar-refractivity contribution in [1.29, 1.82) is 0 Å². The summed E-state index contributed by atoms with van der Waals surface area (Å²) in [6.07, 6.45) is 3.45. The number of hydrogen-bond acceptors (Lipinski definition) is 6. The Balaban J connectivity index is 1.98. The van der Waals surface area contributed by atoms with Crippen LogP contribution >= 0.6 is 0 Å². The number of nitrogens with two attached hydrogens (primary N) is 1. The van der Waals surface area contributed by atoms with E-state index >= 15 is 0 Å². The molecule has 1 fully saturated rings. The fourth-order valence-electron chi connectivity index (χ4n) is 2.38. The number of nitrogens with zero attached hydrogens (tertiary/aromatic N) is 4. The molecule has 2 rings (SSSR count). The van der Waals surface area contributed by atoms with E-state index < -0.39 is 0 Å². The van der Waals surface area contributed by atoms with Crippen molar-refractivity contribution >= 4 is 5.82 Å². The highest BCUT2D eigenvalue weighted by atomic mass is 16.5. The second kappa shape index (κ2) is 6.37. The predicted molar refractivity (Wildman–Crippen MR) is 80.1 cm³/mol. The maximum Gasteiger partial charge on any atom is 0.234 e. The number of anilines is 1. The molecular formula is C14H25N5O. The summed E-state index contributed by atoms with van der Waals surface area (Å²) in [6, 6.07) is 0. The molecule has 0 bridgehead atoms. The first-order chi connectivity index (χ1) is 9.56. The summed E-state index contributed by atoms with van der Waals surface area (Å²) in [6.45, 7) is 11.5. The second-order valence-electron chi connectivity index (χ2n) is 5.64. The molecule has 6 nitrogen and oxygen atoms in total. The molecule has 0 atom stereocenters. The van der Waals surface area contributed by atoms with Crippen molar-refractivity contribution in [2.75, 3.05) is 44.2 Å². The highest BCUT2D eigenvalue weighted by molar-refractivity contribution is 5.38. The highest BCUT2D eigenvalue weighted by Crippen LogP contribution is 2.20. The van der Waals surface area contributed by atoms with E-state index in [0.29, 0.717) is 19.0 Å². The smallest absolute Gasteiger partial charge is 0.234 e. The molecule has 2 heterocycles. The molecule has 1 aliphatic heterocycles. The van der Waals surface area contributed by atoms with E-state index in [1.807, 2.05) is 6.92 Å². The van der Waals surface area contributed by atoms with Gasteiger partial charge in [0.25, 0.3) is 0 Å². The van der Waals surface area contributed by atoms with Crippen LogP contribution in [0.4, 0.5) is 5.82 Å². The van der Waals surface area contributed by atoms with E-state index in [2.05, 4.69) is 33.6 Å². The lowest BCUT2D eigenvalue weighted by Crippen LogP contribution is -2.57. The van der Waals surface area contributed by atoms with Gasteiger partial charge < -0.3 is 15.4 Å². The van der Waals surface area contributed by atoms with Crippen molar-refractivity contribution in [3.05, 3.63) is 12.4 Å². The molecule has 0 unspecified atom stereocenters. The molecule has 0 spiro atoms. The minimum atomic E-state index is 0.0605. The number of hydrogen-bond donors (Lipinski definition) is 1. The van der Waals surface area contributed by atoms with Gasteiger partial charge in [0.15, 0.2) is 5.82 Å². The zero-order valence-electron chi connectivity index (χ0n) is 12.7. The molecule has 0 saturated carbocycles. The molecule has 0 aliphatic carbocycles. The quantitative estimate of drug-likeness (QED) is 0.857. The third kappa shape index (κ3) is 3.37. The monoisotopic (exact) mass is 279 g/mol. The fraction of sp³-hybridized carbons (Fsp3) is 0.714. The van der Waals surface area contributed by atoms with Crippen LogP contribution in [0.3, 0.4) is 0 Å². The van der Waals surface area contributed by atoms with Crippen molar-refractivity contribution in [1.82, 2.24) is 14.9 Å². The number of aromatic nitrogens is 2. The first kappa shape index (κ1) is 15.0. The summed E-state index contributed by atoms with van der Waals surface area (Å²) in [4.78, 5) is 13.4. The van der Waals surface area contributed by atoms with Crippen molar-refractivity contribution < 1.29 is 4.74 Å². The molecular weight excluding hydrogens is 254 g/mol. The summed E-state index contributed by atoms with van der Waals surface area (Å²) in [5.74, 6) is 1.48. The van der Waals surface area contributed by atoms with E-state index in [9.17, 15) is 0 Å². The molecule has 0 amide bonds. The first-order valence-corrected chi connectivity index (χ1v) is 7.21. The van der Waals surface area contributed by atoms with E-state index in [4.69, 9.17) is 10.5 Å². The van der Waals surface area contributed by atoms with Gasteiger partial charge in [-0.1, -0.05) is 0 Å². The molecule has 1 saturated heterocycles. The average Bonchev–Trinajstić information content (AvgIpc) is 2.48. The predicted octanol–water partition coefficient (Wildman–Crippen LogP) is 0.735. The molecule has 0 aromatic carbocycles. The molecule has 1 aromatic heterocycles. The van der Waals surface area contributed by atoms with Gasteiger partial charge in [-0.25, -0.2) is 0 Å². The average molecular weight is 279 g/mol. The van der Waals surface area contributed by atoms with E-state index in [1.54, 1.807) is 12.4 Å². The summed E-state index contributed by atoms with van der Waals surface area (Å²) in [7, 11) is 0. The normalized spacial score (nSPS) is 17.3. The van der Waals surface area contributed by atoms with Crippen LogP contribution < -0.4 is 15.4 Å². The molecule has 1 aliphatic rings. The van der Waals surface area contributed by atoms with Gasteiger partial charge >= 0.3 is 0 Å². The van der Waals surface area contributed by atoms with Gasteiger partial charge in [0, 0.05) is 38.3 Å². The summed E-state index contributed by atoms with van der Waals surface area (Å²) < 4.78 is 5.40. The van der Waals surface area contributed by atoms with Gasteiger partial charge in [-0.15, -0.1) is 0 Å². The Morgan fingerprint density at radius 1 is 1.25 bits per heavy atom. The van der Waals surface area contributed by atoms with Crippen LogP contribution in [0, 0.1) is 0 Å². The molecule has 0 radical (unpaired) electrons. The van der Waals surface area contributed by atoms with Gasteiger partial charge in [-0.05, 0) is 20.8 Å². The zero-order chi connectivity index (χ0) is 14.6. The lowest BCUT2D eigenvalue weighted by atomic mass is 10.0. The summed E-state index contributed by atoms with van der Waals surface area (Å²) in [5.41, 5.74) is 5.90. The Labute approximate surface area is 120 Å². The van der Waals surface area contributed by atoms with Crippen molar-refractivity contribution in [2.24, 2.45) is 5.73 Å². The summed E-state index contributed by atoms with van der Waals surface area (Å²) in [5, 5.41) is 0. The van der Waals surface area contributed by atoms with E-state index in [0.717, 1.165) is 32.0 Å². The largest absolute Gasteiger partial charge is 0.477 e. The van der Waals surface area contributed by atoms with Gasteiger partial charge in [0.2, 0.25) is 5.88 Å². The zero-order valence-corrected chi connectivity index (χ0v) is 12.7. The van der Waals surface area contributed by atoms with Gasteiger partial charge in [-0.3, -0.25) is 9.88 Å². The minimum Gasteiger partial charge on any atom is -0.477 e. The van der Waals surface area contributed by atoms with Gasteiger partial charge in [0.1, 0.15) is 0 Å². The lowest BCUT2D eigenvalue weighted by Gasteiger charge is -2.43. The molecule has 20 heavy (non-hydrogen) atoms. The minimum absolute atomic E-state index is 0.0605. The Morgan fingerprint density at radius 3 is 2.55 bits per heavy atom. The van der Waals surface area contributed by atoms with Crippen LogP contribution in [0.5, 0.6) is 5.88 Å². The van der Waals surface area contributed by atoms with Crippen LogP contribution in [-0.2, 0) is 0 Å². The Kier molecular flexibility index (Phi) is 4.77. The maximum atomic E-state index is 5.84. The fourth-order valence-corrected chi connectivity index (χ4v) is 2.38. The lowest BCUT2D eigenvalue weighted by molar-refractivity contribution is 0.119. The van der Waals surface area contributed by atoms with Crippen molar-refractivity contribution in [3.8, 4) is 5.88 Å². The van der Waals surface area contributed by atoms with Crippen LogP contribution in [0.2, 0.25) is 0 Å². The topological polar surface area (TPSA) is 67.5 Å². The van der Waals surface area contributed by atoms with Crippen LogP contribution in [0.15, 0.2) is 12.4 Å². The SMILES string of the molecule is CCOc1cncc(N2CCN(C(C)(C)CN)CC2)n1. The number of rotatable bonds is 5. The van der Waals surface area contributed by atoms with Crippen molar-refractivity contribution in [2.45, 2.75) is 26.3 Å². The summed E-state index contributed by atoms with van der Waals surface area (Å²) >= 11 is 0. The van der Waals surface area contributed by atoms with E-state index in [1.165, 1.54) is 0 Å². The molecule has 6 heteroatoms. The number of piperazine rings is 1. The standard InChI is InChI=1S/C14H25N5O/c1-4-20-13-10-16-9-12(17-13)18-5-7-19(8-6-18)14(2,3)11-15/h9-10H,4-8,11,15H2,1-3H3. The van der Waals surface area contributed by atoms with Gasteiger partial charge in [0.05, 0.1) is 19.0 Å². The second-order valence-corrected chi connectivity index (χ2v) is 5.64. The molecule has 2 N–H and O–H groups in total. The van der Waals surface area contributed by atoms with E-state index in [-0.39, 0.29) is 5.54 Å². The number of ether oxygens (including phenoxy) is 1. The van der Waals surface area contributed by atoms with Gasteiger partial charge in [-0.2, -0.15) is 4.98 Å². The van der Waals surface area contributed by atoms with Crippen LogP contribution in [0.1, 0.15) is 20.8 Å². The third-order valence-electron chi connectivity index (χ3n) is 3.85. The Hall–Kier alpha value is -1.40. The molecule has 1 aromatic rings. The Morgan fingerprint density at radius 2 is 1.95 bits per heavy atom. The van der Waals surface area contributed by atoms with Crippen LogP contribution in [0.25, 0.3) is 0 Å². The Bertz CT molecular complexity index is 429. The first-order valence-electron chi connectivity index (χ1n) is 7.21.